The fourth-order valence-electron chi connectivity index (χ4n) is 4.08. The van der Waals surface area contributed by atoms with Gasteiger partial charge in [-0.2, -0.15) is 10.4 Å². The maximum absolute atomic E-state index is 15.3. The van der Waals surface area contributed by atoms with Gasteiger partial charge in [-0.25, -0.2) is 13.9 Å². The number of amides is 1. The molecule has 1 aliphatic rings. The highest BCUT2D eigenvalue weighted by molar-refractivity contribution is 6.05. The molecule has 2 N–H and O–H groups in total. The van der Waals surface area contributed by atoms with Crippen molar-refractivity contribution in [2.75, 3.05) is 11.9 Å². The first-order chi connectivity index (χ1) is 17.6. The van der Waals surface area contributed by atoms with E-state index < -0.39 is 29.9 Å². The van der Waals surface area contributed by atoms with Gasteiger partial charge in [-0.1, -0.05) is 48.5 Å². The van der Waals surface area contributed by atoms with E-state index in [1.54, 1.807) is 48.5 Å². The molecule has 0 aliphatic carbocycles. The van der Waals surface area contributed by atoms with E-state index in [0.717, 1.165) is 5.56 Å². The summed E-state index contributed by atoms with van der Waals surface area (Å²) in [6, 6.07) is 22.8. The van der Waals surface area contributed by atoms with Crippen LogP contribution in [0.25, 0.3) is 5.52 Å². The van der Waals surface area contributed by atoms with Crippen molar-refractivity contribution < 1.29 is 23.8 Å². The molecule has 1 aliphatic heterocycles. The van der Waals surface area contributed by atoms with E-state index >= 15 is 4.39 Å². The Kier molecular flexibility index (Phi) is 6.16. The molecular weight excluding hydrogens is 465 g/mol. The average Bonchev–Trinajstić information content (AvgIpc) is 3.48. The van der Waals surface area contributed by atoms with Gasteiger partial charge in [0.1, 0.15) is 30.2 Å². The Morgan fingerprint density at radius 3 is 2.58 bits per heavy atom. The number of carbonyl (C=O) groups excluding carboxylic acids is 1. The summed E-state index contributed by atoms with van der Waals surface area (Å²) in [4.78, 5) is 16.8. The lowest BCUT2D eigenvalue weighted by atomic mass is 9.94. The number of anilines is 1. The van der Waals surface area contributed by atoms with E-state index in [1.807, 2.05) is 24.3 Å². The van der Waals surface area contributed by atoms with Crippen molar-refractivity contribution >= 4 is 17.2 Å². The van der Waals surface area contributed by atoms with Crippen molar-refractivity contribution in [2.24, 2.45) is 0 Å². The standard InChI is InChI=1S/C26H20FN5O4/c27-22-20(13-33)36-26(15-28,23(22)35-14-17-7-3-1-4-8-17)21-12-11-19-24(29-16-30-32(19)21)31-25(34)18-9-5-2-6-10-18/h1-12,16,23,33H,13-14H2,(H,29,30,31,34)/t23?,26-/m0/s1. The largest absolute Gasteiger partial charge is 0.462 e. The first-order valence-corrected chi connectivity index (χ1v) is 11.0. The van der Waals surface area contributed by atoms with Gasteiger partial charge in [0, 0.05) is 5.56 Å². The van der Waals surface area contributed by atoms with Crippen LogP contribution in [0.3, 0.4) is 0 Å². The molecule has 1 amide bonds. The van der Waals surface area contributed by atoms with Crippen molar-refractivity contribution in [3.8, 4) is 6.07 Å². The second-order valence-corrected chi connectivity index (χ2v) is 8.00. The summed E-state index contributed by atoms with van der Waals surface area (Å²) < 4.78 is 28.2. The Balaban J connectivity index is 1.52. The van der Waals surface area contributed by atoms with E-state index in [9.17, 15) is 15.2 Å². The number of benzene rings is 2. The number of aliphatic hydroxyl groups is 1. The van der Waals surface area contributed by atoms with Gasteiger partial charge in [0.25, 0.3) is 11.5 Å². The maximum Gasteiger partial charge on any atom is 0.268 e. The van der Waals surface area contributed by atoms with E-state index in [0.29, 0.717) is 11.1 Å². The Morgan fingerprint density at radius 1 is 1.17 bits per heavy atom. The first kappa shape index (κ1) is 23.2. The molecular formula is C26H20FN5O4. The predicted molar refractivity (Wildman–Crippen MR) is 126 cm³/mol. The molecule has 0 bridgehead atoms. The summed E-state index contributed by atoms with van der Waals surface area (Å²) in [6.07, 6.45) is -0.270. The molecule has 0 spiro atoms. The quantitative estimate of drug-likeness (QED) is 0.411. The van der Waals surface area contributed by atoms with Gasteiger partial charge in [0.15, 0.2) is 23.5 Å². The summed E-state index contributed by atoms with van der Waals surface area (Å²) in [5.74, 6) is -1.47. The number of hydrogen-bond acceptors (Lipinski definition) is 7. The van der Waals surface area contributed by atoms with Crippen LogP contribution in [-0.2, 0) is 21.7 Å². The number of ether oxygens (including phenoxy) is 2. The Labute approximate surface area is 205 Å². The third-order valence-corrected chi connectivity index (χ3v) is 5.82. The molecule has 9 nitrogen and oxygen atoms in total. The lowest BCUT2D eigenvalue weighted by Crippen LogP contribution is -2.40. The molecule has 2 aromatic carbocycles. The molecule has 2 atom stereocenters. The third kappa shape index (κ3) is 3.96. The second-order valence-electron chi connectivity index (χ2n) is 8.00. The minimum atomic E-state index is -1.99. The highest BCUT2D eigenvalue weighted by atomic mass is 19.1. The molecule has 4 aromatic rings. The lowest BCUT2D eigenvalue weighted by molar-refractivity contribution is -0.0679. The van der Waals surface area contributed by atoms with Gasteiger partial charge < -0.3 is 19.9 Å². The molecule has 0 saturated carbocycles. The number of nitrogens with one attached hydrogen (secondary N) is 1. The molecule has 1 unspecified atom stereocenters. The average molecular weight is 485 g/mol. The number of nitriles is 1. The zero-order chi connectivity index (χ0) is 25.1. The van der Waals surface area contributed by atoms with E-state index in [1.165, 1.54) is 16.9 Å². The van der Waals surface area contributed by atoms with Crippen LogP contribution < -0.4 is 5.32 Å². The molecule has 180 valence electrons. The number of fused-ring (bicyclic) bond motifs is 1. The smallest absolute Gasteiger partial charge is 0.268 e. The van der Waals surface area contributed by atoms with Crippen molar-refractivity contribution in [3.05, 3.63) is 108 Å². The number of nitrogens with zero attached hydrogens (tertiary/aromatic N) is 4. The van der Waals surface area contributed by atoms with Gasteiger partial charge in [-0.3, -0.25) is 4.79 Å². The Bertz CT molecular complexity index is 1480. The first-order valence-electron chi connectivity index (χ1n) is 11.0. The van der Waals surface area contributed by atoms with E-state index in [2.05, 4.69) is 15.4 Å². The van der Waals surface area contributed by atoms with Crippen LogP contribution in [0.15, 0.2) is 90.7 Å². The monoisotopic (exact) mass is 485 g/mol. The number of aromatic nitrogens is 3. The summed E-state index contributed by atoms with van der Waals surface area (Å²) in [7, 11) is 0. The zero-order valence-corrected chi connectivity index (χ0v) is 18.8. The van der Waals surface area contributed by atoms with Crippen LogP contribution in [0, 0.1) is 11.3 Å². The number of rotatable bonds is 7. The topological polar surface area (TPSA) is 122 Å². The molecule has 0 radical (unpaired) electrons. The van der Waals surface area contributed by atoms with Gasteiger partial charge >= 0.3 is 0 Å². The van der Waals surface area contributed by atoms with Crippen molar-refractivity contribution in [3.63, 3.8) is 0 Å². The fourth-order valence-corrected chi connectivity index (χ4v) is 4.08. The summed E-state index contributed by atoms with van der Waals surface area (Å²) in [6.45, 7) is -0.752. The molecule has 5 rings (SSSR count). The third-order valence-electron chi connectivity index (χ3n) is 5.82. The number of hydrogen-bond donors (Lipinski definition) is 2. The molecule has 3 heterocycles. The normalized spacial score (nSPS) is 19.2. The van der Waals surface area contributed by atoms with Crippen LogP contribution in [0.2, 0.25) is 0 Å². The fraction of sp³-hybridized carbons (Fsp3) is 0.154. The second kappa shape index (κ2) is 9.58. The number of halogens is 1. The molecule has 0 fully saturated rings. The highest BCUT2D eigenvalue weighted by Crippen LogP contribution is 2.45. The van der Waals surface area contributed by atoms with Gasteiger partial charge in [-0.05, 0) is 29.8 Å². The highest BCUT2D eigenvalue weighted by Gasteiger charge is 2.55. The maximum atomic E-state index is 15.3. The van der Waals surface area contributed by atoms with Gasteiger partial charge in [0.05, 0.1) is 6.61 Å². The summed E-state index contributed by atoms with van der Waals surface area (Å²) >= 11 is 0. The van der Waals surface area contributed by atoms with E-state index in [-0.39, 0.29) is 24.0 Å². The van der Waals surface area contributed by atoms with Crippen LogP contribution in [0.4, 0.5) is 10.2 Å². The minimum Gasteiger partial charge on any atom is -0.462 e. The summed E-state index contributed by atoms with van der Waals surface area (Å²) in [5, 5.41) is 26.9. The molecule has 0 saturated heterocycles. The van der Waals surface area contributed by atoms with E-state index in [4.69, 9.17) is 9.47 Å². The van der Waals surface area contributed by atoms with Crippen LogP contribution >= 0.6 is 0 Å². The number of aliphatic hydroxyl groups excluding tert-OH is 1. The number of carbonyl (C=O) groups is 1. The van der Waals surface area contributed by atoms with Crippen molar-refractivity contribution in [1.82, 2.24) is 14.6 Å². The predicted octanol–water partition coefficient (Wildman–Crippen LogP) is 3.49. The van der Waals surface area contributed by atoms with Gasteiger partial charge in [-0.15, -0.1) is 0 Å². The Hall–Kier alpha value is -4.59. The molecule has 2 aromatic heterocycles. The molecule has 36 heavy (non-hydrogen) atoms. The van der Waals surface area contributed by atoms with Gasteiger partial charge in [0.2, 0.25) is 0 Å². The summed E-state index contributed by atoms with van der Waals surface area (Å²) in [5.41, 5.74) is -0.285. The Morgan fingerprint density at radius 2 is 1.89 bits per heavy atom. The lowest BCUT2D eigenvalue weighted by Gasteiger charge is -2.27. The van der Waals surface area contributed by atoms with Crippen LogP contribution in [-0.4, -0.2) is 38.3 Å². The molecule has 10 heteroatoms. The van der Waals surface area contributed by atoms with Crippen LogP contribution in [0.5, 0.6) is 0 Å². The van der Waals surface area contributed by atoms with Crippen molar-refractivity contribution in [1.29, 1.82) is 5.26 Å². The minimum absolute atomic E-state index is 0.00109. The SMILES string of the molecule is N#C[C@@]1(c2ccc3c(NC(=O)c4ccccc4)ncnn23)OC(CO)=C(F)C1OCc1ccccc1. The zero-order valence-electron chi connectivity index (χ0n) is 18.8. The van der Waals surface area contributed by atoms with Crippen LogP contribution in [0.1, 0.15) is 21.6 Å². The van der Waals surface area contributed by atoms with Crippen molar-refractivity contribution in [2.45, 2.75) is 18.3 Å².